The van der Waals surface area contributed by atoms with Crippen molar-refractivity contribution in [3.8, 4) is 11.5 Å². The van der Waals surface area contributed by atoms with Gasteiger partial charge in [-0.2, -0.15) is 0 Å². The summed E-state index contributed by atoms with van der Waals surface area (Å²) in [6.07, 6.45) is 3.46. The van der Waals surface area contributed by atoms with Crippen LogP contribution >= 0.6 is 0 Å². The van der Waals surface area contributed by atoms with Gasteiger partial charge in [0.25, 0.3) is 0 Å². The average Bonchev–Trinajstić information content (AvgIpc) is 2.69. The van der Waals surface area contributed by atoms with Crippen LogP contribution in [0, 0.1) is 5.41 Å². The van der Waals surface area contributed by atoms with Crippen molar-refractivity contribution in [2.75, 3.05) is 30.1 Å². The van der Waals surface area contributed by atoms with Gasteiger partial charge in [0.15, 0.2) is 17.3 Å². The summed E-state index contributed by atoms with van der Waals surface area (Å²) in [5.41, 5.74) is 17.2. The van der Waals surface area contributed by atoms with Gasteiger partial charge in [0, 0.05) is 25.4 Å². The summed E-state index contributed by atoms with van der Waals surface area (Å²) < 4.78 is 11.1. The van der Waals surface area contributed by atoms with Crippen LogP contribution in [0.2, 0.25) is 0 Å². The predicted octanol–water partition coefficient (Wildman–Crippen LogP) is 1.17. The topological polar surface area (TPSA) is 157 Å². The van der Waals surface area contributed by atoms with Gasteiger partial charge in [0.2, 0.25) is 0 Å². The summed E-state index contributed by atoms with van der Waals surface area (Å²) >= 11 is 0. The molecule has 0 amide bonds. The fourth-order valence-corrected chi connectivity index (χ4v) is 2.75. The lowest BCUT2D eigenvalue weighted by Gasteiger charge is -2.18. The van der Waals surface area contributed by atoms with Gasteiger partial charge < -0.3 is 37.1 Å². The molecular weight excluding hydrogens is 346 g/mol. The highest BCUT2D eigenvalue weighted by molar-refractivity contribution is 5.78. The summed E-state index contributed by atoms with van der Waals surface area (Å²) in [4.78, 5) is 4.02. The lowest BCUT2D eigenvalue weighted by Crippen LogP contribution is -2.16. The normalized spacial score (nSPS) is 13.1. The Kier molecular flexibility index (Phi) is 5.62. The van der Waals surface area contributed by atoms with Crippen molar-refractivity contribution < 1.29 is 9.47 Å². The van der Waals surface area contributed by atoms with E-state index in [-0.39, 0.29) is 0 Å². The number of anilines is 3. The Morgan fingerprint density at radius 3 is 2.70 bits per heavy atom. The van der Waals surface area contributed by atoms with Gasteiger partial charge in [-0.15, -0.1) is 0 Å². The fourth-order valence-electron chi connectivity index (χ4n) is 2.75. The molecule has 0 bridgehead atoms. The first kappa shape index (κ1) is 18.3. The number of aromatic nitrogens is 1. The lowest BCUT2D eigenvalue weighted by molar-refractivity contribution is 0.171. The SMILES string of the molecule is N=C/C(=C\NCc1ccc2c(c1)OCCO2)Cc1cc(N)nc(NN)c1N. The molecule has 1 aromatic carbocycles. The third kappa shape index (κ3) is 4.39. The number of ether oxygens (including phenoxy) is 2. The van der Waals surface area contributed by atoms with Crippen LogP contribution in [0.25, 0.3) is 0 Å². The van der Waals surface area contributed by atoms with E-state index in [0.717, 1.165) is 28.2 Å². The minimum atomic E-state index is 0.306. The molecule has 0 atom stereocenters. The molecule has 1 aromatic heterocycles. The Labute approximate surface area is 157 Å². The van der Waals surface area contributed by atoms with Crippen molar-refractivity contribution in [2.45, 2.75) is 13.0 Å². The van der Waals surface area contributed by atoms with E-state index < -0.39 is 0 Å². The van der Waals surface area contributed by atoms with Gasteiger partial charge in [-0.05, 0) is 34.9 Å². The highest BCUT2D eigenvalue weighted by Gasteiger charge is 2.12. The minimum Gasteiger partial charge on any atom is -0.486 e. The molecule has 2 aromatic rings. The van der Waals surface area contributed by atoms with Crippen molar-refractivity contribution in [2.24, 2.45) is 5.84 Å². The molecule has 142 valence electrons. The number of nitrogens with two attached hydrogens (primary N) is 3. The number of allylic oxidation sites excluding steroid dienone is 1. The molecule has 0 radical (unpaired) electrons. The second-order valence-corrected chi connectivity index (χ2v) is 6.01. The number of fused-ring (bicyclic) bond motifs is 1. The molecule has 1 aliphatic heterocycles. The zero-order valence-corrected chi connectivity index (χ0v) is 14.8. The molecule has 27 heavy (non-hydrogen) atoms. The van der Waals surface area contributed by atoms with Gasteiger partial charge >= 0.3 is 0 Å². The smallest absolute Gasteiger partial charge is 0.165 e. The molecule has 3 rings (SSSR count). The highest BCUT2D eigenvalue weighted by atomic mass is 16.6. The number of benzene rings is 1. The second kappa shape index (κ2) is 8.28. The molecule has 0 saturated carbocycles. The molecule has 9 nitrogen and oxygen atoms in total. The van der Waals surface area contributed by atoms with Crippen LogP contribution in [-0.2, 0) is 13.0 Å². The standard InChI is InChI=1S/C18H23N7O2/c19-8-12(5-13-7-16(20)24-18(25-22)17(13)21)10-23-9-11-1-2-14-15(6-11)27-4-3-26-14/h1-2,6-8,10,19,23H,3-5,9,21-22H2,(H3,20,24,25)/b12-10-,19-8?. The summed E-state index contributed by atoms with van der Waals surface area (Å²) in [6, 6.07) is 7.49. The average molecular weight is 369 g/mol. The summed E-state index contributed by atoms with van der Waals surface area (Å²) in [5.74, 6) is 7.54. The number of hydrogen-bond donors (Lipinski definition) is 6. The van der Waals surface area contributed by atoms with Crippen molar-refractivity contribution in [3.63, 3.8) is 0 Å². The van der Waals surface area contributed by atoms with Gasteiger partial charge in [0.05, 0.1) is 5.69 Å². The zero-order valence-electron chi connectivity index (χ0n) is 14.8. The van der Waals surface area contributed by atoms with E-state index in [1.807, 2.05) is 18.2 Å². The van der Waals surface area contributed by atoms with Crippen LogP contribution in [-0.4, -0.2) is 24.4 Å². The number of nitrogens with one attached hydrogen (secondary N) is 3. The van der Waals surface area contributed by atoms with Crippen molar-refractivity contribution in [3.05, 3.63) is 47.2 Å². The van der Waals surface area contributed by atoms with Gasteiger partial charge in [-0.1, -0.05) is 6.07 Å². The zero-order chi connectivity index (χ0) is 19.2. The molecule has 9 N–H and O–H groups in total. The molecule has 9 heteroatoms. The lowest BCUT2D eigenvalue weighted by atomic mass is 10.1. The number of nitrogen functional groups attached to an aromatic ring is 3. The van der Waals surface area contributed by atoms with Crippen LogP contribution in [0.15, 0.2) is 36.0 Å². The van der Waals surface area contributed by atoms with Crippen molar-refractivity contribution in [1.82, 2.24) is 10.3 Å². The first-order valence-corrected chi connectivity index (χ1v) is 8.43. The maximum atomic E-state index is 7.64. The van der Waals surface area contributed by atoms with E-state index in [9.17, 15) is 0 Å². The molecule has 0 aliphatic carbocycles. The largest absolute Gasteiger partial charge is 0.486 e. The number of rotatable bonds is 7. The van der Waals surface area contributed by atoms with Gasteiger partial charge in [-0.25, -0.2) is 10.8 Å². The van der Waals surface area contributed by atoms with Crippen molar-refractivity contribution >= 4 is 23.5 Å². The van der Waals surface area contributed by atoms with Crippen molar-refractivity contribution in [1.29, 1.82) is 5.41 Å². The monoisotopic (exact) mass is 369 g/mol. The van der Waals surface area contributed by atoms with E-state index in [1.54, 1.807) is 12.3 Å². The minimum absolute atomic E-state index is 0.306. The number of nitrogens with zero attached hydrogens (tertiary/aromatic N) is 1. The summed E-state index contributed by atoms with van der Waals surface area (Å²) in [6.45, 7) is 1.70. The first-order valence-electron chi connectivity index (χ1n) is 8.43. The molecule has 0 saturated heterocycles. The molecule has 0 spiro atoms. The Morgan fingerprint density at radius 2 is 1.96 bits per heavy atom. The van der Waals surface area contributed by atoms with Crippen LogP contribution in [0.1, 0.15) is 11.1 Å². The summed E-state index contributed by atoms with van der Waals surface area (Å²) in [5, 5.41) is 10.8. The van der Waals surface area contributed by atoms with Crippen LogP contribution in [0.5, 0.6) is 11.5 Å². The number of hydrogen-bond acceptors (Lipinski definition) is 9. The fraction of sp³-hybridized carbons (Fsp3) is 0.222. The maximum absolute atomic E-state index is 7.64. The maximum Gasteiger partial charge on any atom is 0.165 e. The molecular formula is C18H23N7O2. The number of hydrazine groups is 1. The van der Waals surface area contributed by atoms with Gasteiger partial charge in [0.1, 0.15) is 19.0 Å². The molecule has 1 aliphatic rings. The molecule has 0 fully saturated rings. The first-order chi connectivity index (χ1) is 13.1. The Bertz CT molecular complexity index is 867. The van der Waals surface area contributed by atoms with Crippen LogP contribution in [0.4, 0.5) is 17.3 Å². The Morgan fingerprint density at radius 1 is 1.19 bits per heavy atom. The van der Waals surface area contributed by atoms with E-state index >= 15 is 0 Å². The van der Waals surface area contributed by atoms with E-state index in [2.05, 4.69) is 15.7 Å². The number of pyridine rings is 1. The molecule has 0 unspecified atom stereocenters. The quantitative estimate of drug-likeness (QED) is 0.241. The van der Waals surface area contributed by atoms with Gasteiger partial charge in [-0.3, -0.25) is 0 Å². The highest BCUT2D eigenvalue weighted by Crippen LogP contribution is 2.30. The Hall–Kier alpha value is -3.46. The van der Waals surface area contributed by atoms with E-state index in [4.69, 9.17) is 32.2 Å². The Balaban J connectivity index is 1.67. The predicted molar refractivity (Wildman–Crippen MR) is 106 cm³/mol. The van der Waals surface area contributed by atoms with E-state index in [1.165, 1.54) is 6.21 Å². The second-order valence-electron chi connectivity index (χ2n) is 6.01. The summed E-state index contributed by atoms with van der Waals surface area (Å²) in [7, 11) is 0. The van der Waals surface area contributed by atoms with Crippen LogP contribution < -0.4 is 37.5 Å². The van der Waals surface area contributed by atoms with Crippen LogP contribution in [0.3, 0.4) is 0 Å². The van der Waals surface area contributed by atoms with E-state index in [0.29, 0.717) is 43.5 Å². The molecule has 2 heterocycles. The third-order valence-electron chi connectivity index (χ3n) is 4.08. The third-order valence-corrected chi connectivity index (χ3v) is 4.08.